The molecule has 64 heavy (non-hydrogen) atoms. The number of benzene rings is 6. The Morgan fingerprint density at radius 2 is 1.00 bits per heavy atom. The fraction of sp³-hybridized carbons (Fsp3) is 0.245. The van der Waals surface area contributed by atoms with Crippen molar-refractivity contribution in [3.63, 3.8) is 0 Å². The number of hydrogen-bond donors (Lipinski definition) is 2. The third-order valence-electron chi connectivity index (χ3n) is 10.3. The Labute approximate surface area is 398 Å². The average Bonchev–Trinajstić information content (AvgIpc) is 3.30. The van der Waals surface area contributed by atoms with Gasteiger partial charge in [-0.1, -0.05) is 148 Å². The minimum atomic E-state index is -3.60. The molecule has 0 amide bonds. The first kappa shape index (κ1) is 54.4. The zero-order chi connectivity index (χ0) is 43.9. The average molecular weight is 980 g/mol. The molecule has 1 aliphatic rings. The van der Waals surface area contributed by atoms with Gasteiger partial charge in [-0.25, -0.2) is 31.2 Å². The topological polar surface area (TPSA) is 95.8 Å². The van der Waals surface area contributed by atoms with Crippen LogP contribution in [0.3, 0.4) is 0 Å². The number of nitrogens with zero attached hydrogens (tertiary/aromatic N) is 1. The van der Waals surface area contributed by atoms with Crippen molar-refractivity contribution in [3.8, 4) is 0 Å². The maximum atomic E-state index is 13.1. The summed E-state index contributed by atoms with van der Waals surface area (Å²) < 4.78 is 57.3. The number of sulfonamides is 1. The van der Waals surface area contributed by atoms with Crippen molar-refractivity contribution < 1.29 is 33.7 Å². The predicted octanol–water partition coefficient (Wildman–Crippen LogP) is 12.4. The van der Waals surface area contributed by atoms with E-state index in [0.717, 1.165) is 59.7 Å². The predicted molar refractivity (Wildman–Crippen MR) is 276 cm³/mol. The number of rotatable bonds is 15. The number of allylic oxidation sites excluding steroid dienone is 2. The van der Waals surface area contributed by atoms with E-state index in [9.17, 15) is 17.2 Å². The quantitative estimate of drug-likeness (QED) is 0.0609. The summed E-state index contributed by atoms with van der Waals surface area (Å²) in [7, 11) is -10.5. The molecule has 7 rings (SSSR count). The number of nitrogens with one attached hydrogen (secondary N) is 1. The summed E-state index contributed by atoms with van der Waals surface area (Å²) in [6, 6.07) is 53.8. The van der Waals surface area contributed by atoms with Crippen LogP contribution < -0.4 is 25.7 Å². The summed E-state index contributed by atoms with van der Waals surface area (Å²) in [6.07, 6.45) is 20.0. The van der Waals surface area contributed by atoms with Gasteiger partial charge in [-0.2, -0.15) is 0 Å². The van der Waals surface area contributed by atoms with Crippen LogP contribution in [-0.2, 0) is 49.4 Å². The fourth-order valence-electron chi connectivity index (χ4n) is 6.75. The van der Waals surface area contributed by atoms with Crippen molar-refractivity contribution in [1.29, 1.82) is 0 Å². The third-order valence-corrected chi connectivity index (χ3v) is 19.3. The van der Waals surface area contributed by atoms with Crippen molar-refractivity contribution in [2.45, 2.75) is 94.3 Å². The molecule has 0 spiro atoms. The molecule has 1 aliphatic carbocycles. The van der Waals surface area contributed by atoms with E-state index in [2.05, 4.69) is 41.0 Å². The molecule has 11 heteroatoms. The van der Waals surface area contributed by atoms with E-state index >= 15 is 0 Å². The van der Waals surface area contributed by atoms with Crippen LogP contribution in [0.2, 0.25) is 0 Å². The van der Waals surface area contributed by atoms with Gasteiger partial charge < -0.3 is 7.43 Å². The Balaban J connectivity index is 0.000000282. The van der Waals surface area contributed by atoms with Crippen LogP contribution in [0.1, 0.15) is 82.8 Å². The van der Waals surface area contributed by atoms with Gasteiger partial charge in [-0.3, -0.25) is 4.55 Å². The van der Waals surface area contributed by atoms with Gasteiger partial charge in [0, 0.05) is 16.5 Å². The zero-order valence-electron chi connectivity index (χ0n) is 37.4. The van der Waals surface area contributed by atoms with Crippen LogP contribution in [0.5, 0.6) is 0 Å². The van der Waals surface area contributed by atoms with Crippen LogP contribution in [0.15, 0.2) is 196 Å². The molecule has 0 fully saturated rings. The van der Waals surface area contributed by atoms with Crippen molar-refractivity contribution in [2.24, 2.45) is 4.13 Å². The van der Waals surface area contributed by atoms with Crippen LogP contribution in [0.4, 0.5) is 0 Å². The molecule has 0 heterocycles. The van der Waals surface area contributed by atoms with Crippen molar-refractivity contribution in [2.75, 3.05) is 0 Å². The van der Waals surface area contributed by atoms with Crippen LogP contribution in [0.25, 0.3) is 0 Å². The molecule has 0 bridgehead atoms. The molecular weight excluding hydrogens is 913 g/mol. The first-order chi connectivity index (χ1) is 30.2. The van der Waals surface area contributed by atoms with Crippen molar-refractivity contribution in [1.82, 2.24) is 4.49 Å². The van der Waals surface area contributed by atoms with Gasteiger partial charge in [0.2, 0.25) is 10.0 Å². The maximum absolute atomic E-state index is 13.1. The van der Waals surface area contributed by atoms with E-state index in [1.807, 2.05) is 146 Å². The van der Waals surface area contributed by atoms with Gasteiger partial charge in [0.25, 0.3) is 10.0 Å². The minimum Gasteiger partial charge on any atom is -0.358 e. The Bertz CT molecular complexity index is 2350. The first-order valence-electron chi connectivity index (χ1n) is 21.8. The van der Waals surface area contributed by atoms with E-state index in [0.29, 0.717) is 9.79 Å². The Hall–Kier alpha value is -3.90. The van der Waals surface area contributed by atoms with E-state index in [1.165, 1.54) is 43.2 Å². The normalized spacial score (nSPS) is 13.6. The van der Waals surface area contributed by atoms with Gasteiger partial charge >= 0.3 is 0 Å². The van der Waals surface area contributed by atoms with Gasteiger partial charge in [0.15, 0.2) is 8.07 Å². The zero-order valence-corrected chi connectivity index (χ0v) is 42.0. The second-order valence-electron chi connectivity index (χ2n) is 15.2. The molecule has 344 valence electrons. The molecule has 0 radical (unpaired) electrons. The second kappa shape index (κ2) is 29.6. The smallest absolute Gasteiger partial charge is 0.270 e. The van der Waals surface area contributed by atoms with E-state index in [1.54, 1.807) is 24.3 Å². The molecular formula is C53H66N2NiO4P2S2. The summed E-state index contributed by atoms with van der Waals surface area (Å²) >= 11 is 0. The number of unbranched alkanes of at least 4 members (excludes halogenated alkanes) is 2. The van der Waals surface area contributed by atoms with Crippen molar-refractivity contribution >= 4 is 57.4 Å². The molecule has 6 aromatic carbocycles. The standard InChI is InChI=1S/2C22H24NO2PS.C8H13.CH3.Ni/c2*1-2-3-10-19-15-17-22(18-16-19)27(24,25)23-26(20-11-6-4-7-12-20)21-13-8-5-9-14-21;1-2-4-6-8-7-5-3-1;;/h4-9,11-18H,2-3,10H2,1H3,(H,23,24,25);4-9,11-18,23H,2-3,10H2,1H3;1-3H,4-8H2;1H3;/q;;2*-1;/p+2/b;;2-1+;;. The molecule has 0 saturated carbocycles. The summed E-state index contributed by atoms with van der Waals surface area (Å²) in [5.41, 5.74) is 2.36. The largest absolute Gasteiger partial charge is 0.358 e. The Morgan fingerprint density at radius 3 is 1.44 bits per heavy atom. The van der Waals surface area contributed by atoms with E-state index < -0.39 is 36.2 Å². The van der Waals surface area contributed by atoms with Gasteiger partial charge in [-0.15, -0.1) is 12.8 Å². The molecule has 6 nitrogen and oxygen atoms in total. The molecule has 0 saturated heterocycles. The molecule has 1 atom stereocenters. The molecule has 2 N–H and O–H groups in total. The molecule has 6 aromatic rings. The molecule has 1 unspecified atom stereocenters. The summed E-state index contributed by atoms with van der Waals surface area (Å²) in [5, 5.41) is 4.01. The Morgan fingerprint density at radius 1 is 0.578 bits per heavy atom. The van der Waals surface area contributed by atoms with Crippen LogP contribution in [0, 0.1) is 13.8 Å². The summed E-state index contributed by atoms with van der Waals surface area (Å²) in [4.78, 5) is 0.689. The summed E-state index contributed by atoms with van der Waals surface area (Å²) in [6.45, 7) is 4.31. The maximum Gasteiger partial charge on any atom is 0.270 e. The fourth-order valence-corrected chi connectivity index (χ4v) is 15.2. The second-order valence-corrected chi connectivity index (χ2v) is 23.4. The van der Waals surface area contributed by atoms with Gasteiger partial charge in [0.05, 0.1) is 9.79 Å². The molecule has 0 aromatic heterocycles. The third kappa shape index (κ3) is 18.2. The van der Waals surface area contributed by atoms with Gasteiger partial charge in [0.1, 0.15) is 29.3 Å². The van der Waals surface area contributed by atoms with Crippen LogP contribution in [-0.4, -0.2) is 17.2 Å². The SMILES string of the molecule is C1=C/CCCCC[CH-]/1.CCCCc1ccc(S(=O)(=O)N[PH+](c2ccccc2)c2ccccc2)cc1.CCCCc1ccc(S(=O)(O)=N[PH+](c2ccccc2)c2ccccc2)cc1.[CH3-].[Ni]. The Kier molecular flexibility index (Phi) is 25.2. The van der Waals surface area contributed by atoms with E-state index in [-0.39, 0.29) is 23.9 Å². The van der Waals surface area contributed by atoms with E-state index in [4.69, 9.17) is 0 Å². The summed E-state index contributed by atoms with van der Waals surface area (Å²) in [5.74, 6) is 0. The monoisotopic (exact) mass is 978 g/mol. The van der Waals surface area contributed by atoms with Gasteiger partial charge in [-0.05, 0) is 114 Å². The minimum absolute atomic E-state index is 0. The number of aryl methyl sites for hydroxylation is 2. The first-order valence-corrected chi connectivity index (χ1v) is 27.7. The molecule has 0 aliphatic heterocycles. The van der Waals surface area contributed by atoms with Crippen molar-refractivity contribution in [3.05, 3.63) is 207 Å². The van der Waals surface area contributed by atoms with Crippen LogP contribution >= 0.6 is 16.1 Å². The number of hydrogen-bond acceptors (Lipinski definition) is 4.